The first-order valence-corrected chi connectivity index (χ1v) is 13.2. The van der Waals surface area contributed by atoms with E-state index in [0.29, 0.717) is 50.0 Å². The van der Waals surface area contributed by atoms with Gasteiger partial charge in [-0.3, -0.25) is 4.79 Å². The maximum absolute atomic E-state index is 14.0. The quantitative estimate of drug-likeness (QED) is 0.595. The minimum atomic E-state index is -3.50. The van der Waals surface area contributed by atoms with Crippen LogP contribution in [0.15, 0.2) is 52.5 Å². The van der Waals surface area contributed by atoms with E-state index < -0.39 is 10.0 Å². The largest absolute Gasteiger partial charge is 0.366 e. The fourth-order valence-electron chi connectivity index (χ4n) is 3.99. The number of amides is 1. The molecule has 1 amide bonds. The molecule has 0 bridgehead atoms. The maximum Gasteiger partial charge on any atom is 0.244 e. The average molecular weight is 479 g/mol. The highest BCUT2D eigenvalue weighted by atomic mass is 32.2. The Morgan fingerprint density at radius 2 is 1.69 bits per heavy atom. The first-order chi connectivity index (χ1) is 15.4. The monoisotopic (exact) mass is 478 g/mol. The van der Waals surface area contributed by atoms with Crippen molar-refractivity contribution in [3.8, 4) is 0 Å². The van der Waals surface area contributed by atoms with Crippen LogP contribution in [0.3, 0.4) is 0 Å². The van der Waals surface area contributed by atoms with E-state index >= 15 is 0 Å². The van der Waals surface area contributed by atoms with Gasteiger partial charge >= 0.3 is 0 Å². The molecule has 0 unspecified atom stereocenters. The van der Waals surface area contributed by atoms with Crippen molar-refractivity contribution >= 4 is 33.4 Å². The summed E-state index contributed by atoms with van der Waals surface area (Å²) in [6.45, 7) is 3.34. The van der Waals surface area contributed by atoms with Crippen LogP contribution in [0, 0.1) is 5.82 Å². The second kappa shape index (κ2) is 10.2. The van der Waals surface area contributed by atoms with E-state index in [2.05, 4.69) is 4.98 Å². The fourth-order valence-corrected chi connectivity index (χ4v) is 6.20. The van der Waals surface area contributed by atoms with E-state index in [-0.39, 0.29) is 22.4 Å². The summed E-state index contributed by atoms with van der Waals surface area (Å²) >= 11 is 1.29. The Bertz CT molecular complexity index is 1040. The lowest BCUT2D eigenvalue weighted by atomic mass is 10.2. The molecular weight excluding hydrogens is 451 g/mol. The number of rotatable bonds is 6. The van der Waals surface area contributed by atoms with Gasteiger partial charge < -0.3 is 9.80 Å². The fraction of sp³-hybridized carbons (Fsp3) is 0.455. The topological polar surface area (TPSA) is 73.8 Å². The maximum atomic E-state index is 14.0. The second-order valence-corrected chi connectivity index (χ2v) is 10.8. The number of benzene rings is 1. The molecule has 7 nitrogen and oxygen atoms in total. The number of thioether (sulfide) groups is 1. The highest BCUT2D eigenvalue weighted by Gasteiger charge is 2.26. The number of carbonyl (C=O) groups is 1. The van der Waals surface area contributed by atoms with Crippen molar-refractivity contribution in [2.24, 2.45) is 0 Å². The number of hydrogen-bond acceptors (Lipinski definition) is 6. The molecule has 4 rings (SSSR count). The SMILES string of the molecule is O=C(CSc1ccc(S(=O)(=O)N2CCCCC2)cn1)N1CCN(c2ccccc2F)CC1. The van der Waals surface area contributed by atoms with Gasteiger partial charge in [0, 0.05) is 45.5 Å². The lowest BCUT2D eigenvalue weighted by Crippen LogP contribution is -2.49. The zero-order valence-electron chi connectivity index (χ0n) is 17.8. The van der Waals surface area contributed by atoms with Crippen molar-refractivity contribution < 1.29 is 17.6 Å². The van der Waals surface area contributed by atoms with Crippen LogP contribution in [0.4, 0.5) is 10.1 Å². The van der Waals surface area contributed by atoms with Crippen molar-refractivity contribution in [2.75, 3.05) is 49.9 Å². The van der Waals surface area contributed by atoms with Crippen LogP contribution in [-0.2, 0) is 14.8 Å². The highest BCUT2D eigenvalue weighted by Crippen LogP contribution is 2.24. The molecule has 1 aromatic heterocycles. The molecule has 0 saturated carbocycles. The Balaban J connectivity index is 1.28. The number of hydrogen-bond donors (Lipinski definition) is 0. The standard InChI is InChI=1S/C22H27FN4O3S2/c23-19-6-2-3-7-20(19)25-12-14-26(15-13-25)22(28)17-31-21-9-8-18(16-24-21)32(29,30)27-10-4-1-5-11-27/h2-3,6-9,16H,1,4-5,10-15,17H2. The Morgan fingerprint density at radius 3 is 2.34 bits per heavy atom. The summed E-state index contributed by atoms with van der Waals surface area (Å²) in [6, 6.07) is 9.90. The molecule has 2 fully saturated rings. The number of nitrogens with zero attached hydrogens (tertiary/aromatic N) is 4. The van der Waals surface area contributed by atoms with Crippen molar-refractivity contribution in [2.45, 2.75) is 29.2 Å². The molecule has 0 N–H and O–H groups in total. The van der Waals surface area contributed by atoms with Crippen LogP contribution < -0.4 is 4.90 Å². The van der Waals surface area contributed by atoms with Crippen LogP contribution in [0.2, 0.25) is 0 Å². The van der Waals surface area contributed by atoms with Crippen molar-refractivity contribution in [3.05, 3.63) is 48.4 Å². The van der Waals surface area contributed by atoms with E-state index in [1.165, 1.54) is 28.3 Å². The Labute approximate surface area is 192 Å². The van der Waals surface area contributed by atoms with Gasteiger partial charge in [0.25, 0.3) is 0 Å². The normalized spacial score (nSPS) is 18.0. The van der Waals surface area contributed by atoms with E-state index in [1.807, 2.05) is 11.0 Å². The number of sulfonamides is 1. The van der Waals surface area contributed by atoms with E-state index in [9.17, 15) is 17.6 Å². The van der Waals surface area contributed by atoms with Gasteiger partial charge in [-0.25, -0.2) is 17.8 Å². The molecule has 2 aliphatic heterocycles. The molecule has 0 radical (unpaired) electrons. The van der Waals surface area contributed by atoms with E-state index in [0.717, 1.165) is 19.3 Å². The summed E-state index contributed by atoms with van der Waals surface area (Å²) in [5.41, 5.74) is 0.567. The number of piperazine rings is 1. The van der Waals surface area contributed by atoms with Gasteiger partial charge in [-0.1, -0.05) is 30.3 Å². The lowest BCUT2D eigenvalue weighted by molar-refractivity contribution is -0.128. The zero-order chi connectivity index (χ0) is 22.6. The molecule has 1 aromatic carbocycles. The van der Waals surface area contributed by atoms with Crippen LogP contribution in [0.5, 0.6) is 0 Å². The van der Waals surface area contributed by atoms with Crippen molar-refractivity contribution in [1.29, 1.82) is 0 Å². The number of halogens is 1. The van der Waals surface area contributed by atoms with Crippen LogP contribution in [0.1, 0.15) is 19.3 Å². The molecule has 0 atom stereocenters. The van der Waals surface area contributed by atoms with Crippen LogP contribution in [-0.4, -0.2) is 73.5 Å². The number of aromatic nitrogens is 1. The summed E-state index contributed by atoms with van der Waals surface area (Å²) in [4.78, 5) is 20.8. The predicted molar refractivity (Wildman–Crippen MR) is 123 cm³/mol. The van der Waals surface area contributed by atoms with Gasteiger partial charge in [-0.15, -0.1) is 0 Å². The van der Waals surface area contributed by atoms with Gasteiger partial charge in [0.1, 0.15) is 10.7 Å². The number of pyridine rings is 1. The van der Waals surface area contributed by atoms with Crippen LogP contribution >= 0.6 is 11.8 Å². The Kier molecular flexibility index (Phi) is 7.32. The molecule has 2 saturated heterocycles. The third kappa shape index (κ3) is 5.24. The molecule has 10 heteroatoms. The van der Waals surface area contributed by atoms with Gasteiger partial charge in [0.15, 0.2) is 0 Å². The Morgan fingerprint density at radius 1 is 0.969 bits per heavy atom. The molecule has 32 heavy (non-hydrogen) atoms. The minimum absolute atomic E-state index is 0.00463. The number of anilines is 1. The third-order valence-corrected chi connectivity index (χ3v) is 8.64. The number of para-hydroxylation sites is 1. The molecule has 2 aromatic rings. The second-order valence-electron chi connectivity index (χ2n) is 7.90. The number of piperidine rings is 1. The minimum Gasteiger partial charge on any atom is -0.366 e. The first-order valence-electron chi connectivity index (χ1n) is 10.8. The summed E-state index contributed by atoms with van der Waals surface area (Å²) < 4.78 is 40.9. The smallest absolute Gasteiger partial charge is 0.244 e. The zero-order valence-corrected chi connectivity index (χ0v) is 19.5. The van der Waals surface area contributed by atoms with E-state index in [1.54, 1.807) is 29.2 Å². The molecule has 172 valence electrons. The van der Waals surface area contributed by atoms with Gasteiger partial charge in [0.2, 0.25) is 15.9 Å². The van der Waals surface area contributed by atoms with Crippen LogP contribution in [0.25, 0.3) is 0 Å². The van der Waals surface area contributed by atoms with Gasteiger partial charge in [-0.2, -0.15) is 4.31 Å². The summed E-state index contributed by atoms with van der Waals surface area (Å²) in [7, 11) is -3.50. The van der Waals surface area contributed by atoms with Gasteiger partial charge in [-0.05, 0) is 37.1 Å². The third-order valence-electron chi connectivity index (χ3n) is 5.83. The highest BCUT2D eigenvalue weighted by molar-refractivity contribution is 7.99. The average Bonchev–Trinajstić information content (AvgIpc) is 2.84. The Hall–Kier alpha value is -2.17. The van der Waals surface area contributed by atoms with Gasteiger partial charge in [0.05, 0.1) is 16.5 Å². The molecule has 0 aliphatic carbocycles. The first kappa shape index (κ1) is 23.0. The number of carbonyl (C=O) groups excluding carboxylic acids is 1. The van der Waals surface area contributed by atoms with Crippen molar-refractivity contribution in [3.63, 3.8) is 0 Å². The summed E-state index contributed by atoms with van der Waals surface area (Å²) in [5, 5.41) is 0.612. The summed E-state index contributed by atoms with van der Waals surface area (Å²) in [6.07, 6.45) is 4.21. The van der Waals surface area contributed by atoms with E-state index in [4.69, 9.17) is 0 Å². The lowest BCUT2D eigenvalue weighted by Gasteiger charge is -2.36. The van der Waals surface area contributed by atoms with Crippen molar-refractivity contribution in [1.82, 2.24) is 14.2 Å². The molecule has 2 aliphatic rings. The molecule has 3 heterocycles. The molecular formula is C22H27FN4O3S2. The molecule has 0 spiro atoms. The predicted octanol–water partition coefficient (Wildman–Crippen LogP) is 2.84. The summed E-state index contributed by atoms with van der Waals surface area (Å²) in [5.74, 6) is -0.0278.